The average Bonchev–Trinajstić information content (AvgIpc) is 3.24. The number of hydrogen-bond donors (Lipinski definition) is 1. The summed E-state index contributed by atoms with van der Waals surface area (Å²) in [5.74, 6) is 0.748. The summed E-state index contributed by atoms with van der Waals surface area (Å²) in [6, 6.07) is 11.5. The van der Waals surface area contributed by atoms with E-state index in [1.54, 1.807) is 36.6 Å². The van der Waals surface area contributed by atoms with Gasteiger partial charge in [-0.1, -0.05) is 18.2 Å². The lowest BCUT2D eigenvalue weighted by Crippen LogP contribution is -2.48. The summed E-state index contributed by atoms with van der Waals surface area (Å²) < 4.78 is 7.17. The molecule has 0 aliphatic carbocycles. The van der Waals surface area contributed by atoms with Gasteiger partial charge in [0.2, 0.25) is 0 Å². The average molecular weight is 363 g/mol. The molecule has 2 aromatic heterocycles. The second-order valence-electron chi connectivity index (χ2n) is 6.35. The lowest BCUT2D eigenvalue weighted by Gasteiger charge is -2.36. The van der Waals surface area contributed by atoms with E-state index in [2.05, 4.69) is 15.4 Å². The number of pyridine rings is 1. The molecule has 1 N–H and O–H groups in total. The molecule has 3 heterocycles. The third-order valence-electron chi connectivity index (χ3n) is 4.74. The van der Waals surface area contributed by atoms with Gasteiger partial charge in [-0.15, -0.1) is 0 Å². The summed E-state index contributed by atoms with van der Waals surface area (Å²) in [6.45, 7) is 2.07. The highest BCUT2D eigenvalue weighted by atomic mass is 16.5. The van der Waals surface area contributed by atoms with E-state index in [-0.39, 0.29) is 11.9 Å². The Hall–Kier alpha value is -3.19. The molecule has 1 aliphatic heterocycles. The number of nitrogens with zero attached hydrogens (tertiary/aromatic N) is 4. The number of nitrogens with one attached hydrogen (secondary N) is 1. The molecule has 4 rings (SSSR count). The van der Waals surface area contributed by atoms with Crippen LogP contribution in [0.1, 0.15) is 22.0 Å². The van der Waals surface area contributed by atoms with E-state index in [0.717, 1.165) is 23.5 Å². The highest BCUT2D eigenvalue weighted by molar-refractivity contribution is 5.94. The first kappa shape index (κ1) is 17.2. The normalized spacial score (nSPS) is 16.9. The maximum absolute atomic E-state index is 13.2. The molecule has 1 amide bonds. The monoisotopic (exact) mass is 363 g/mol. The Morgan fingerprint density at radius 2 is 2.11 bits per heavy atom. The Bertz CT molecular complexity index is 925. The molecule has 1 atom stereocenters. The van der Waals surface area contributed by atoms with Crippen LogP contribution in [-0.4, -0.2) is 52.3 Å². The number of piperazine rings is 1. The van der Waals surface area contributed by atoms with Gasteiger partial charge in [0.1, 0.15) is 5.75 Å². The second-order valence-corrected chi connectivity index (χ2v) is 6.35. The molecule has 1 aromatic carbocycles. The zero-order valence-corrected chi connectivity index (χ0v) is 15.1. The molecule has 7 nitrogen and oxygen atoms in total. The van der Waals surface area contributed by atoms with Gasteiger partial charge in [-0.3, -0.25) is 9.78 Å². The Labute approximate surface area is 157 Å². The first-order valence-electron chi connectivity index (χ1n) is 8.87. The number of aromatic nitrogens is 3. The van der Waals surface area contributed by atoms with Crippen LogP contribution in [0.25, 0.3) is 5.69 Å². The third-order valence-corrected chi connectivity index (χ3v) is 4.74. The van der Waals surface area contributed by atoms with E-state index >= 15 is 0 Å². The molecule has 1 aliphatic rings. The molecular weight excluding hydrogens is 342 g/mol. The summed E-state index contributed by atoms with van der Waals surface area (Å²) >= 11 is 0. The maximum atomic E-state index is 13.2. The Morgan fingerprint density at radius 1 is 1.22 bits per heavy atom. The van der Waals surface area contributed by atoms with Gasteiger partial charge in [0, 0.05) is 37.6 Å². The van der Waals surface area contributed by atoms with Gasteiger partial charge >= 0.3 is 0 Å². The van der Waals surface area contributed by atoms with Crippen molar-refractivity contribution in [1.29, 1.82) is 0 Å². The van der Waals surface area contributed by atoms with Crippen molar-refractivity contribution in [3.05, 3.63) is 72.3 Å². The summed E-state index contributed by atoms with van der Waals surface area (Å²) in [4.78, 5) is 19.2. The lowest BCUT2D eigenvalue weighted by molar-refractivity contribution is 0.0631. The number of ether oxygens (including phenoxy) is 1. The topological polar surface area (TPSA) is 72.3 Å². The molecule has 0 saturated carbocycles. The summed E-state index contributed by atoms with van der Waals surface area (Å²) in [6.07, 6.45) is 6.78. The number of carbonyl (C=O) groups excluding carboxylic acids is 1. The van der Waals surface area contributed by atoms with Crippen molar-refractivity contribution in [1.82, 2.24) is 25.0 Å². The largest absolute Gasteiger partial charge is 0.496 e. The number of carbonyl (C=O) groups is 1. The molecule has 0 spiro atoms. The minimum Gasteiger partial charge on any atom is -0.496 e. The molecule has 1 unspecified atom stereocenters. The molecule has 138 valence electrons. The standard InChI is InChI=1S/C20H21N5O2/c1-27-19-7-3-2-6-17(19)18-13-22-9-10-24(18)20(26)15-11-23-25(14-15)16-5-4-8-21-12-16/h2-8,11-12,14,18,22H,9-10,13H2,1H3. The lowest BCUT2D eigenvalue weighted by atomic mass is 10.0. The molecule has 0 radical (unpaired) electrons. The van der Waals surface area contributed by atoms with Crippen molar-refractivity contribution in [2.45, 2.75) is 6.04 Å². The Kier molecular flexibility index (Phi) is 4.84. The van der Waals surface area contributed by atoms with E-state index in [1.807, 2.05) is 41.3 Å². The quantitative estimate of drug-likeness (QED) is 0.768. The number of hydrogen-bond acceptors (Lipinski definition) is 5. The number of rotatable bonds is 4. The molecule has 0 bridgehead atoms. The number of methoxy groups -OCH3 is 1. The van der Waals surface area contributed by atoms with Crippen LogP contribution in [0.5, 0.6) is 5.75 Å². The van der Waals surface area contributed by atoms with Crippen molar-refractivity contribution >= 4 is 5.91 Å². The van der Waals surface area contributed by atoms with E-state index in [4.69, 9.17) is 4.74 Å². The van der Waals surface area contributed by atoms with Crippen LogP contribution in [0.15, 0.2) is 61.2 Å². The van der Waals surface area contributed by atoms with Gasteiger partial charge in [0.05, 0.1) is 36.8 Å². The van der Waals surface area contributed by atoms with Gasteiger partial charge < -0.3 is 15.0 Å². The van der Waals surface area contributed by atoms with E-state index < -0.39 is 0 Å². The first-order valence-corrected chi connectivity index (χ1v) is 8.87. The smallest absolute Gasteiger partial charge is 0.257 e. The molecule has 1 saturated heterocycles. The van der Waals surface area contributed by atoms with Crippen LogP contribution in [0.2, 0.25) is 0 Å². The first-order chi connectivity index (χ1) is 13.3. The van der Waals surface area contributed by atoms with Gasteiger partial charge in [-0.2, -0.15) is 5.10 Å². The zero-order chi connectivity index (χ0) is 18.6. The fourth-order valence-electron chi connectivity index (χ4n) is 3.40. The van der Waals surface area contributed by atoms with Gasteiger partial charge in [-0.05, 0) is 18.2 Å². The summed E-state index contributed by atoms with van der Waals surface area (Å²) in [5.41, 5.74) is 2.37. The molecule has 27 heavy (non-hydrogen) atoms. The van der Waals surface area contributed by atoms with Crippen LogP contribution in [0.3, 0.4) is 0 Å². The zero-order valence-electron chi connectivity index (χ0n) is 15.1. The van der Waals surface area contributed by atoms with Crippen LogP contribution >= 0.6 is 0 Å². The number of para-hydroxylation sites is 1. The molecule has 1 fully saturated rings. The fraction of sp³-hybridized carbons (Fsp3) is 0.250. The van der Waals surface area contributed by atoms with Crippen molar-refractivity contribution in [2.75, 3.05) is 26.7 Å². The molecule has 3 aromatic rings. The van der Waals surface area contributed by atoms with Gasteiger partial charge in [0.15, 0.2) is 0 Å². The van der Waals surface area contributed by atoms with Crippen molar-refractivity contribution in [3.63, 3.8) is 0 Å². The summed E-state index contributed by atoms with van der Waals surface area (Å²) in [7, 11) is 1.65. The van der Waals surface area contributed by atoms with Gasteiger partial charge in [0.25, 0.3) is 5.91 Å². The SMILES string of the molecule is COc1ccccc1C1CNCCN1C(=O)c1cnn(-c2cccnc2)c1. The van der Waals surface area contributed by atoms with E-state index in [0.29, 0.717) is 18.7 Å². The summed E-state index contributed by atoms with van der Waals surface area (Å²) in [5, 5.41) is 7.70. The third kappa shape index (κ3) is 3.41. The highest BCUT2D eigenvalue weighted by Gasteiger charge is 2.31. The highest BCUT2D eigenvalue weighted by Crippen LogP contribution is 2.31. The Balaban J connectivity index is 1.63. The van der Waals surface area contributed by atoms with Crippen LogP contribution in [0.4, 0.5) is 0 Å². The minimum atomic E-state index is -0.0934. The number of benzene rings is 1. The predicted octanol–water partition coefficient (Wildman–Crippen LogP) is 2.06. The van der Waals surface area contributed by atoms with Crippen LogP contribution in [-0.2, 0) is 0 Å². The predicted molar refractivity (Wildman–Crippen MR) is 101 cm³/mol. The number of amides is 1. The minimum absolute atomic E-state index is 0.0393. The van der Waals surface area contributed by atoms with Crippen molar-refractivity contribution in [2.24, 2.45) is 0 Å². The second kappa shape index (κ2) is 7.59. The molecule has 7 heteroatoms. The van der Waals surface area contributed by atoms with Crippen molar-refractivity contribution < 1.29 is 9.53 Å². The van der Waals surface area contributed by atoms with Crippen LogP contribution < -0.4 is 10.1 Å². The molecular formula is C20H21N5O2. The van der Waals surface area contributed by atoms with Crippen molar-refractivity contribution in [3.8, 4) is 11.4 Å². The fourth-order valence-corrected chi connectivity index (χ4v) is 3.40. The van der Waals surface area contributed by atoms with Crippen LogP contribution in [0, 0.1) is 0 Å². The Morgan fingerprint density at radius 3 is 2.93 bits per heavy atom. The van der Waals surface area contributed by atoms with Gasteiger partial charge in [-0.25, -0.2) is 4.68 Å². The maximum Gasteiger partial charge on any atom is 0.257 e. The van der Waals surface area contributed by atoms with E-state index in [1.165, 1.54) is 0 Å². The van der Waals surface area contributed by atoms with E-state index in [9.17, 15) is 4.79 Å².